The average Bonchev–Trinajstić information content (AvgIpc) is 2.59. The Morgan fingerprint density at radius 3 is 2.30 bits per heavy atom. The van der Waals surface area contributed by atoms with E-state index in [1.54, 1.807) is 0 Å². The predicted molar refractivity (Wildman–Crippen MR) is 116 cm³/mol. The van der Waals surface area contributed by atoms with Gasteiger partial charge in [-0.2, -0.15) is 0 Å². The number of aliphatic hydroxyl groups is 1. The monoisotopic (exact) mass is 402 g/mol. The van der Waals surface area contributed by atoms with Gasteiger partial charge in [-0.25, -0.2) is 0 Å². The molecule has 0 aromatic rings. The van der Waals surface area contributed by atoms with Crippen LogP contribution in [0.15, 0.2) is 0 Å². The molecule has 1 fully saturated rings. The molecule has 1 N–H and O–H groups in total. The minimum absolute atomic E-state index is 0.00553. The van der Waals surface area contributed by atoms with E-state index in [1.165, 1.54) is 25.7 Å². The smallest absolute Gasteiger partial charge is 0.192 e. The maximum atomic E-state index is 9.70. The summed E-state index contributed by atoms with van der Waals surface area (Å²) in [6, 6.07) is 0. The number of hydrogen-bond acceptors (Lipinski definition) is 4. The molecule has 1 unspecified atom stereocenters. The second kappa shape index (κ2) is 11.9. The summed E-state index contributed by atoms with van der Waals surface area (Å²) in [6.07, 6.45) is 9.32. The zero-order chi connectivity index (χ0) is 20.5. The summed E-state index contributed by atoms with van der Waals surface area (Å²) >= 11 is 0. The maximum Gasteiger partial charge on any atom is 0.192 e. The lowest BCUT2D eigenvalue weighted by atomic mass is 9.97. The van der Waals surface area contributed by atoms with Crippen LogP contribution in [0.25, 0.3) is 0 Å². The lowest BCUT2D eigenvalue weighted by Crippen LogP contribution is -2.44. The fourth-order valence-electron chi connectivity index (χ4n) is 3.22. The Kier molecular flexibility index (Phi) is 11.1. The van der Waals surface area contributed by atoms with Crippen molar-refractivity contribution in [1.82, 2.24) is 0 Å². The van der Waals surface area contributed by atoms with E-state index >= 15 is 0 Å². The van der Waals surface area contributed by atoms with Crippen molar-refractivity contribution in [3.8, 4) is 0 Å². The van der Waals surface area contributed by atoms with Gasteiger partial charge in [0.15, 0.2) is 14.6 Å². The molecule has 1 rings (SSSR count). The van der Waals surface area contributed by atoms with Crippen LogP contribution in [0.1, 0.15) is 86.0 Å². The van der Waals surface area contributed by atoms with Crippen molar-refractivity contribution < 1.29 is 19.0 Å². The van der Waals surface area contributed by atoms with Crippen molar-refractivity contribution in [3.05, 3.63) is 0 Å². The molecule has 5 heteroatoms. The standard InChI is InChI=1S/C22H46O4Si/c1-18(19(2)25-21-15-11-12-16-24-21)13-9-8-10-14-20(17-23)26-27(6,7)22(3,4)5/h18-21,23H,8-17H2,1-7H3/t18-,19-,20+,21?/m1/s1. The number of ether oxygens (including phenoxy) is 2. The quantitative estimate of drug-likeness (QED) is 0.327. The summed E-state index contributed by atoms with van der Waals surface area (Å²) in [5.74, 6) is 0.549. The predicted octanol–water partition coefficient (Wildman–Crippen LogP) is 5.89. The molecule has 4 nitrogen and oxygen atoms in total. The molecule has 27 heavy (non-hydrogen) atoms. The zero-order valence-electron chi connectivity index (χ0n) is 19.1. The van der Waals surface area contributed by atoms with E-state index in [-0.39, 0.29) is 30.1 Å². The van der Waals surface area contributed by atoms with E-state index < -0.39 is 8.32 Å². The summed E-state index contributed by atoms with van der Waals surface area (Å²) in [6.45, 7) is 16.7. The van der Waals surface area contributed by atoms with Crippen LogP contribution in [0.2, 0.25) is 18.1 Å². The Labute approximate surface area is 169 Å². The highest BCUT2D eigenvalue weighted by molar-refractivity contribution is 6.74. The van der Waals surface area contributed by atoms with E-state index in [0.29, 0.717) is 5.92 Å². The van der Waals surface area contributed by atoms with Crippen molar-refractivity contribution >= 4 is 8.32 Å². The van der Waals surface area contributed by atoms with E-state index in [4.69, 9.17) is 13.9 Å². The molecule has 4 atom stereocenters. The number of hydrogen-bond donors (Lipinski definition) is 1. The molecular formula is C22H46O4Si. The van der Waals surface area contributed by atoms with Crippen LogP contribution in [-0.2, 0) is 13.9 Å². The molecule has 1 aliphatic rings. The normalized spacial score (nSPS) is 22.4. The molecule has 1 saturated heterocycles. The molecule has 1 aliphatic heterocycles. The first kappa shape index (κ1) is 25.1. The van der Waals surface area contributed by atoms with Gasteiger partial charge >= 0.3 is 0 Å². The zero-order valence-corrected chi connectivity index (χ0v) is 20.1. The Morgan fingerprint density at radius 2 is 1.74 bits per heavy atom. The van der Waals surface area contributed by atoms with Crippen molar-refractivity contribution in [1.29, 1.82) is 0 Å². The molecule has 1 heterocycles. The second-order valence-electron chi connectivity index (χ2n) is 9.94. The van der Waals surface area contributed by atoms with Crippen molar-refractivity contribution in [2.45, 2.75) is 123 Å². The van der Waals surface area contributed by atoms with Crippen molar-refractivity contribution in [3.63, 3.8) is 0 Å². The molecule has 0 aromatic heterocycles. The van der Waals surface area contributed by atoms with Gasteiger partial charge in [-0.05, 0) is 63.1 Å². The molecule has 0 saturated carbocycles. The molecule has 0 radical (unpaired) electrons. The minimum Gasteiger partial charge on any atom is -0.412 e. The fraction of sp³-hybridized carbons (Fsp3) is 1.00. The van der Waals surface area contributed by atoms with Gasteiger partial charge in [0.05, 0.1) is 18.8 Å². The van der Waals surface area contributed by atoms with E-state index in [9.17, 15) is 5.11 Å². The molecule has 162 valence electrons. The summed E-state index contributed by atoms with van der Waals surface area (Å²) in [5, 5.41) is 9.89. The van der Waals surface area contributed by atoms with Gasteiger partial charge in [0.2, 0.25) is 0 Å². The molecule has 0 amide bonds. The Bertz CT molecular complexity index is 388. The summed E-state index contributed by atoms with van der Waals surface area (Å²) in [7, 11) is -1.80. The highest BCUT2D eigenvalue weighted by Gasteiger charge is 2.38. The van der Waals surface area contributed by atoms with E-state index in [0.717, 1.165) is 32.3 Å². The van der Waals surface area contributed by atoms with Crippen LogP contribution in [0.5, 0.6) is 0 Å². The molecule has 0 bridgehead atoms. The third-order valence-corrected chi connectivity index (χ3v) is 11.0. The SMILES string of the molecule is C[C@H](CCCCC[C@@H](CO)O[Si](C)(C)C(C)(C)C)[C@@H](C)OC1CCCCO1. The van der Waals surface area contributed by atoms with E-state index in [2.05, 4.69) is 47.7 Å². The van der Waals surface area contributed by atoms with Crippen LogP contribution < -0.4 is 0 Å². The first-order valence-corrected chi connectivity index (χ1v) is 14.0. The largest absolute Gasteiger partial charge is 0.412 e. The first-order valence-electron chi connectivity index (χ1n) is 11.1. The summed E-state index contributed by atoms with van der Waals surface area (Å²) < 4.78 is 18.1. The highest BCUT2D eigenvalue weighted by atomic mass is 28.4. The number of unbranched alkanes of at least 4 members (excludes halogenated alkanes) is 2. The van der Waals surface area contributed by atoms with Gasteiger partial charge in [0, 0.05) is 6.61 Å². The van der Waals surface area contributed by atoms with Gasteiger partial charge in [0.1, 0.15) is 0 Å². The fourth-order valence-corrected chi connectivity index (χ4v) is 4.60. The topological polar surface area (TPSA) is 47.9 Å². The second-order valence-corrected chi connectivity index (χ2v) is 14.7. The minimum atomic E-state index is -1.80. The maximum absolute atomic E-state index is 9.70. The average molecular weight is 403 g/mol. The molecular weight excluding hydrogens is 356 g/mol. The number of rotatable bonds is 12. The van der Waals surface area contributed by atoms with Crippen LogP contribution in [0.3, 0.4) is 0 Å². The molecule has 0 aliphatic carbocycles. The van der Waals surface area contributed by atoms with Crippen LogP contribution in [-0.4, -0.2) is 45.1 Å². The van der Waals surface area contributed by atoms with Gasteiger partial charge in [0.25, 0.3) is 0 Å². The van der Waals surface area contributed by atoms with Gasteiger partial charge in [-0.1, -0.05) is 47.0 Å². The van der Waals surface area contributed by atoms with Crippen LogP contribution in [0.4, 0.5) is 0 Å². The molecule has 0 spiro atoms. The lowest BCUT2D eigenvalue weighted by Gasteiger charge is -2.39. The third-order valence-electron chi connectivity index (χ3n) is 6.46. The first-order chi connectivity index (χ1) is 12.6. The van der Waals surface area contributed by atoms with Crippen LogP contribution >= 0.6 is 0 Å². The Morgan fingerprint density at radius 1 is 1.07 bits per heavy atom. The van der Waals surface area contributed by atoms with Crippen LogP contribution in [0, 0.1) is 5.92 Å². The lowest BCUT2D eigenvalue weighted by molar-refractivity contribution is -0.193. The van der Waals surface area contributed by atoms with Gasteiger partial charge < -0.3 is 19.0 Å². The summed E-state index contributed by atoms with van der Waals surface area (Å²) in [5.41, 5.74) is 0. The Balaban J connectivity index is 2.20. The highest BCUT2D eigenvalue weighted by Crippen LogP contribution is 2.37. The van der Waals surface area contributed by atoms with Crippen molar-refractivity contribution in [2.24, 2.45) is 5.92 Å². The van der Waals surface area contributed by atoms with Gasteiger partial charge in [-0.3, -0.25) is 0 Å². The Hall–Kier alpha value is 0.0569. The van der Waals surface area contributed by atoms with Gasteiger partial charge in [-0.15, -0.1) is 0 Å². The van der Waals surface area contributed by atoms with Crippen molar-refractivity contribution in [2.75, 3.05) is 13.2 Å². The molecule has 0 aromatic carbocycles. The number of aliphatic hydroxyl groups excluding tert-OH is 1. The summed E-state index contributed by atoms with van der Waals surface area (Å²) in [4.78, 5) is 0. The van der Waals surface area contributed by atoms with E-state index in [1.807, 2.05) is 0 Å². The third kappa shape index (κ3) is 9.40.